The lowest BCUT2D eigenvalue weighted by Gasteiger charge is -2.12. The highest BCUT2D eigenvalue weighted by atomic mass is 17.2. The summed E-state index contributed by atoms with van der Waals surface area (Å²) in [6, 6.07) is 33.2. The van der Waals surface area contributed by atoms with Crippen LogP contribution in [0, 0.1) is 12.5 Å². The smallest absolute Gasteiger partial charge is 0.339 e. The SMILES string of the molecule is C#COc1ccc(C(=O)O)c(C(=O)OCc2ccc(COOCc3cc(OCCOc4ccccc4)ccc3C(=O)O)cc2)c1.Oc1ccccc1. The number of carboxylic acids is 2. The second-order valence-electron chi connectivity index (χ2n) is 10.6. The fourth-order valence-corrected chi connectivity index (χ4v) is 4.44. The highest BCUT2D eigenvalue weighted by Crippen LogP contribution is 2.22. The van der Waals surface area contributed by atoms with E-state index in [0.29, 0.717) is 29.2 Å². The molecule has 0 fully saturated rings. The van der Waals surface area contributed by atoms with E-state index in [4.69, 9.17) is 40.3 Å². The van der Waals surface area contributed by atoms with Crippen LogP contribution in [-0.2, 0) is 34.3 Å². The largest absolute Gasteiger partial charge is 0.508 e. The second-order valence-corrected chi connectivity index (χ2v) is 10.6. The van der Waals surface area contributed by atoms with E-state index in [-0.39, 0.29) is 48.9 Å². The van der Waals surface area contributed by atoms with Gasteiger partial charge in [-0.1, -0.05) is 67.1 Å². The van der Waals surface area contributed by atoms with Crippen LogP contribution in [0.5, 0.6) is 23.0 Å². The number of phenols is 1. The van der Waals surface area contributed by atoms with Gasteiger partial charge >= 0.3 is 17.9 Å². The Bertz CT molecular complexity index is 1950. The summed E-state index contributed by atoms with van der Waals surface area (Å²) in [5.41, 5.74) is 1.33. The number of carboxylic acid groups (broad SMARTS) is 2. The first kappa shape index (κ1) is 38.0. The van der Waals surface area contributed by atoms with Crippen molar-refractivity contribution in [2.24, 2.45) is 0 Å². The number of carbonyl (C=O) groups excluding carboxylic acids is 1. The molecular formula is C40H34O12. The molecule has 52 heavy (non-hydrogen) atoms. The molecule has 0 amide bonds. The van der Waals surface area contributed by atoms with Gasteiger partial charge in [-0.3, -0.25) is 0 Å². The normalized spacial score (nSPS) is 10.1. The van der Waals surface area contributed by atoms with E-state index in [0.717, 1.165) is 11.3 Å². The average Bonchev–Trinajstić information content (AvgIpc) is 3.15. The van der Waals surface area contributed by atoms with Crippen molar-refractivity contribution in [3.05, 3.63) is 155 Å². The second kappa shape index (κ2) is 20.0. The number of hydrogen-bond acceptors (Lipinski definition) is 10. The molecule has 0 unspecified atom stereocenters. The van der Waals surface area contributed by atoms with Crippen LogP contribution in [0.15, 0.2) is 121 Å². The van der Waals surface area contributed by atoms with Gasteiger partial charge in [0.1, 0.15) is 62.1 Å². The number of phenolic OH excluding ortho intramolecular Hbond substituents is 1. The monoisotopic (exact) mass is 706 g/mol. The third-order valence-corrected chi connectivity index (χ3v) is 6.96. The molecule has 0 saturated heterocycles. The Labute approximate surface area is 299 Å². The van der Waals surface area contributed by atoms with Crippen molar-refractivity contribution >= 4 is 17.9 Å². The molecule has 0 aromatic heterocycles. The quantitative estimate of drug-likeness (QED) is 0.0320. The van der Waals surface area contributed by atoms with Gasteiger partial charge in [0.15, 0.2) is 0 Å². The number of para-hydroxylation sites is 2. The molecule has 0 aliphatic carbocycles. The van der Waals surface area contributed by atoms with Crippen molar-refractivity contribution in [1.82, 2.24) is 0 Å². The molecule has 12 nitrogen and oxygen atoms in total. The van der Waals surface area contributed by atoms with E-state index in [1.54, 1.807) is 60.7 Å². The fraction of sp³-hybridized carbons (Fsp3) is 0.125. The van der Waals surface area contributed by atoms with E-state index >= 15 is 0 Å². The third kappa shape index (κ3) is 12.3. The summed E-state index contributed by atoms with van der Waals surface area (Å²) in [4.78, 5) is 46.3. The van der Waals surface area contributed by atoms with Gasteiger partial charge in [-0.25, -0.2) is 24.2 Å². The van der Waals surface area contributed by atoms with Crippen LogP contribution in [0.4, 0.5) is 0 Å². The number of carbonyl (C=O) groups is 3. The topological polar surface area (TPSA) is 167 Å². The van der Waals surface area contributed by atoms with Crippen LogP contribution >= 0.6 is 0 Å². The van der Waals surface area contributed by atoms with E-state index in [2.05, 4.69) is 0 Å². The Morgan fingerprint density at radius 1 is 0.577 bits per heavy atom. The first-order chi connectivity index (χ1) is 25.2. The number of aromatic hydroxyl groups is 1. The van der Waals surface area contributed by atoms with Crippen LogP contribution in [0.1, 0.15) is 47.8 Å². The Kier molecular flexibility index (Phi) is 14.6. The van der Waals surface area contributed by atoms with Crippen molar-refractivity contribution < 1.29 is 58.4 Å². The molecule has 0 heterocycles. The lowest BCUT2D eigenvalue weighted by Crippen LogP contribution is -2.12. The molecule has 5 rings (SSSR count). The van der Waals surface area contributed by atoms with Crippen LogP contribution in [0.3, 0.4) is 0 Å². The molecule has 5 aromatic rings. The highest BCUT2D eigenvalue weighted by molar-refractivity contribution is 6.02. The zero-order chi connectivity index (χ0) is 37.1. The maximum Gasteiger partial charge on any atom is 0.339 e. The van der Waals surface area contributed by atoms with Crippen molar-refractivity contribution in [2.75, 3.05) is 13.2 Å². The Balaban J connectivity index is 0.000000771. The number of aromatic carboxylic acids is 2. The average molecular weight is 707 g/mol. The van der Waals surface area contributed by atoms with Gasteiger partial charge in [0, 0.05) is 0 Å². The molecule has 266 valence electrons. The molecular weight excluding hydrogens is 672 g/mol. The van der Waals surface area contributed by atoms with E-state index < -0.39 is 17.9 Å². The van der Waals surface area contributed by atoms with Crippen LogP contribution in [0.25, 0.3) is 0 Å². The summed E-state index contributed by atoms with van der Waals surface area (Å²) in [6.45, 7) is 0.359. The third-order valence-electron chi connectivity index (χ3n) is 6.96. The number of hydrogen-bond donors (Lipinski definition) is 3. The maximum atomic E-state index is 12.6. The summed E-state index contributed by atoms with van der Waals surface area (Å²) in [7, 11) is 0. The van der Waals surface area contributed by atoms with Crippen molar-refractivity contribution in [1.29, 1.82) is 0 Å². The Morgan fingerprint density at radius 2 is 1.13 bits per heavy atom. The van der Waals surface area contributed by atoms with Gasteiger partial charge in [0.2, 0.25) is 0 Å². The lowest BCUT2D eigenvalue weighted by atomic mass is 10.1. The molecule has 0 aliphatic heterocycles. The minimum absolute atomic E-state index is 0.0520. The number of rotatable bonds is 16. The van der Waals surface area contributed by atoms with E-state index in [1.807, 2.05) is 42.5 Å². The minimum Gasteiger partial charge on any atom is -0.508 e. The van der Waals surface area contributed by atoms with Gasteiger partial charge in [0.25, 0.3) is 0 Å². The highest BCUT2D eigenvalue weighted by Gasteiger charge is 2.19. The molecule has 0 saturated carbocycles. The molecule has 0 atom stereocenters. The lowest BCUT2D eigenvalue weighted by molar-refractivity contribution is -0.313. The fourth-order valence-electron chi connectivity index (χ4n) is 4.44. The first-order valence-electron chi connectivity index (χ1n) is 15.6. The molecule has 0 bridgehead atoms. The van der Waals surface area contributed by atoms with Crippen LogP contribution < -0.4 is 14.2 Å². The molecule has 12 heteroatoms. The zero-order valence-corrected chi connectivity index (χ0v) is 27.7. The summed E-state index contributed by atoms with van der Waals surface area (Å²) >= 11 is 0. The number of terminal acetylenes is 1. The van der Waals surface area contributed by atoms with Gasteiger partial charge < -0.3 is 34.3 Å². The Hall–Kier alpha value is -6.81. The minimum atomic E-state index is -1.30. The number of esters is 1. The standard InChI is InChI=1S/C34H28O11.C6H6O/c1-2-40-28-13-15-30(33(37)38)31(19-28)34(39)43-20-23-8-10-24(11-9-23)21-44-45-22-25-18-27(12-14-29(25)32(35)36)42-17-16-41-26-6-4-3-5-7-26;7-6-4-2-1-3-5-6/h1,3-15,18-19H,16-17,20-22H2,(H,35,36)(H,37,38);1-5,7H. The molecule has 0 spiro atoms. The van der Waals surface area contributed by atoms with Crippen LogP contribution in [0.2, 0.25) is 0 Å². The van der Waals surface area contributed by atoms with Crippen molar-refractivity contribution in [3.63, 3.8) is 0 Å². The predicted octanol–water partition coefficient (Wildman–Crippen LogP) is 6.91. The summed E-state index contributed by atoms with van der Waals surface area (Å²) in [5, 5.41) is 27.6. The zero-order valence-electron chi connectivity index (χ0n) is 27.7. The van der Waals surface area contributed by atoms with E-state index in [9.17, 15) is 24.6 Å². The number of ether oxygens (including phenoxy) is 4. The van der Waals surface area contributed by atoms with Gasteiger partial charge in [0.05, 0.1) is 16.7 Å². The maximum absolute atomic E-state index is 12.6. The van der Waals surface area contributed by atoms with Crippen LogP contribution in [-0.4, -0.2) is 46.4 Å². The van der Waals surface area contributed by atoms with Gasteiger partial charge in [-0.2, -0.15) is 0 Å². The van der Waals surface area contributed by atoms with Crippen molar-refractivity contribution in [2.45, 2.75) is 19.8 Å². The molecule has 3 N–H and O–H groups in total. The van der Waals surface area contributed by atoms with E-state index in [1.165, 1.54) is 24.3 Å². The molecule has 0 aliphatic rings. The molecule has 5 aromatic carbocycles. The summed E-state index contributed by atoms with van der Waals surface area (Å²) in [6.07, 6.45) is 7.06. The predicted molar refractivity (Wildman–Crippen MR) is 187 cm³/mol. The molecule has 0 radical (unpaired) electrons. The Morgan fingerprint density at radius 3 is 1.73 bits per heavy atom. The van der Waals surface area contributed by atoms with Gasteiger partial charge in [-0.05, 0) is 77.4 Å². The summed E-state index contributed by atoms with van der Waals surface area (Å²) in [5.74, 6) is -1.64. The van der Waals surface area contributed by atoms with Gasteiger partial charge in [-0.15, -0.1) is 0 Å². The number of benzene rings is 5. The van der Waals surface area contributed by atoms with Crippen molar-refractivity contribution in [3.8, 4) is 35.5 Å². The summed E-state index contributed by atoms with van der Waals surface area (Å²) < 4.78 is 21.5. The first-order valence-corrected chi connectivity index (χ1v) is 15.6.